The molecule has 2 aliphatic heterocycles. The molecular weight excluding hydrogens is 228 g/mol. The van der Waals surface area contributed by atoms with Crippen LogP contribution in [0.15, 0.2) is 0 Å². The first kappa shape index (κ1) is 13.7. The number of hydrogen-bond acceptors (Lipinski definition) is 3. The number of nitrogens with zero attached hydrogens (tertiary/aromatic N) is 1. The van der Waals surface area contributed by atoms with Gasteiger partial charge in [0.25, 0.3) is 0 Å². The first-order valence-corrected chi connectivity index (χ1v) is 8.01. The van der Waals surface area contributed by atoms with E-state index in [-0.39, 0.29) is 5.54 Å². The predicted molar refractivity (Wildman–Crippen MR) is 77.5 cm³/mol. The van der Waals surface area contributed by atoms with Gasteiger partial charge in [-0.15, -0.1) is 0 Å². The van der Waals surface area contributed by atoms with Crippen molar-refractivity contribution in [1.82, 2.24) is 4.90 Å². The van der Waals surface area contributed by atoms with Crippen molar-refractivity contribution in [1.29, 1.82) is 0 Å². The first-order valence-electron chi connectivity index (χ1n) is 6.86. The van der Waals surface area contributed by atoms with E-state index in [4.69, 9.17) is 5.73 Å². The van der Waals surface area contributed by atoms with E-state index >= 15 is 0 Å². The van der Waals surface area contributed by atoms with Gasteiger partial charge in [0.05, 0.1) is 0 Å². The minimum atomic E-state index is 0.226. The molecule has 2 aliphatic rings. The molecule has 0 aliphatic carbocycles. The van der Waals surface area contributed by atoms with Crippen LogP contribution in [0.3, 0.4) is 0 Å². The largest absolute Gasteiger partial charge is 0.329 e. The molecule has 2 nitrogen and oxygen atoms in total. The number of rotatable bonds is 2. The molecule has 2 fully saturated rings. The van der Waals surface area contributed by atoms with Crippen LogP contribution in [-0.4, -0.2) is 41.6 Å². The normalized spacial score (nSPS) is 37.2. The Hall–Kier alpha value is 0.270. The predicted octanol–water partition coefficient (Wildman–Crippen LogP) is 2.58. The molecule has 3 heteroatoms. The summed E-state index contributed by atoms with van der Waals surface area (Å²) in [5.74, 6) is 2.51. The van der Waals surface area contributed by atoms with Crippen molar-refractivity contribution in [2.24, 2.45) is 16.6 Å². The maximum atomic E-state index is 6.23. The highest BCUT2D eigenvalue weighted by Gasteiger charge is 2.52. The second-order valence-corrected chi connectivity index (χ2v) is 8.36. The monoisotopic (exact) mass is 256 g/mol. The number of nitrogens with two attached hydrogens (primary N) is 1. The van der Waals surface area contributed by atoms with Crippen molar-refractivity contribution in [2.45, 2.75) is 46.1 Å². The molecule has 0 bridgehead atoms. The standard InChI is InChI=1S/C14H28N2S/c1-12(2)5-7-16(10-12)14(9-15)11-17-8-6-13(14,3)4/h5-11,15H2,1-4H3. The Balaban J connectivity index is 2.24. The third kappa shape index (κ3) is 2.26. The fourth-order valence-corrected chi connectivity index (χ4v) is 5.29. The van der Waals surface area contributed by atoms with Gasteiger partial charge in [0.2, 0.25) is 0 Å². The highest BCUT2D eigenvalue weighted by atomic mass is 32.2. The zero-order valence-electron chi connectivity index (χ0n) is 11.9. The molecule has 0 saturated carbocycles. The molecule has 17 heavy (non-hydrogen) atoms. The molecule has 0 aromatic carbocycles. The molecule has 0 amide bonds. The molecule has 0 spiro atoms. The SMILES string of the molecule is CC1(C)CCN(C2(CN)CSCCC2(C)C)C1. The fourth-order valence-electron chi connectivity index (χ4n) is 3.46. The molecule has 0 radical (unpaired) electrons. The van der Waals surface area contributed by atoms with Crippen LogP contribution in [0.2, 0.25) is 0 Å². The third-order valence-electron chi connectivity index (χ3n) is 5.09. The van der Waals surface area contributed by atoms with Crippen LogP contribution in [0.25, 0.3) is 0 Å². The van der Waals surface area contributed by atoms with Crippen LogP contribution in [0.1, 0.15) is 40.5 Å². The van der Waals surface area contributed by atoms with Crippen LogP contribution >= 0.6 is 11.8 Å². The number of likely N-dealkylation sites (tertiary alicyclic amines) is 1. The van der Waals surface area contributed by atoms with Gasteiger partial charge in [-0.05, 0) is 36.0 Å². The Kier molecular flexibility index (Phi) is 3.57. The maximum Gasteiger partial charge on any atom is 0.0473 e. The van der Waals surface area contributed by atoms with Gasteiger partial charge in [0.1, 0.15) is 0 Å². The van der Waals surface area contributed by atoms with Gasteiger partial charge >= 0.3 is 0 Å². The zero-order chi connectivity index (χ0) is 12.7. The van der Waals surface area contributed by atoms with Crippen molar-refractivity contribution in [3.8, 4) is 0 Å². The van der Waals surface area contributed by atoms with E-state index in [1.165, 1.54) is 37.4 Å². The maximum absolute atomic E-state index is 6.23. The summed E-state index contributed by atoms with van der Waals surface area (Å²) in [6.45, 7) is 12.9. The smallest absolute Gasteiger partial charge is 0.0473 e. The van der Waals surface area contributed by atoms with Crippen molar-refractivity contribution < 1.29 is 0 Å². The Morgan fingerprint density at radius 2 is 1.88 bits per heavy atom. The fraction of sp³-hybridized carbons (Fsp3) is 1.00. The van der Waals surface area contributed by atoms with Gasteiger partial charge in [-0.3, -0.25) is 4.90 Å². The lowest BCUT2D eigenvalue weighted by Crippen LogP contribution is -2.65. The molecule has 2 heterocycles. The Morgan fingerprint density at radius 3 is 2.35 bits per heavy atom. The molecular formula is C14H28N2S. The van der Waals surface area contributed by atoms with E-state index in [0.29, 0.717) is 10.8 Å². The molecule has 1 atom stereocenters. The minimum Gasteiger partial charge on any atom is -0.329 e. The van der Waals surface area contributed by atoms with Gasteiger partial charge in [-0.2, -0.15) is 11.8 Å². The highest BCUT2D eigenvalue weighted by molar-refractivity contribution is 7.99. The average Bonchev–Trinajstić information content (AvgIpc) is 2.59. The Labute approximate surface area is 111 Å². The van der Waals surface area contributed by atoms with Gasteiger partial charge in [-0.1, -0.05) is 27.7 Å². The summed E-state index contributed by atoms with van der Waals surface area (Å²) in [6, 6.07) is 0. The summed E-state index contributed by atoms with van der Waals surface area (Å²) < 4.78 is 0. The molecule has 1 unspecified atom stereocenters. The topological polar surface area (TPSA) is 29.3 Å². The molecule has 2 N–H and O–H groups in total. The summed E-state index contributed by atoms with van der Waals surface area (Å²) >= 11 is 2.09. The highest BCUT2D eigenvalue weighted by Crippen LogP contribution is 2.48. The molecule has 0 aromatic rings. The number of hydrogen-bond donors (Lipinski definition) is 1. The Bertz CT molecular complexity index is 288. The summed E-state index contributed by atoms with van der Waals surface area (Å²) in [7, 11) is 0. The van der Waals surface area contributed by atoms with Crippen LogP contribution in [0.4, 0.5) is 0 Å². The average molecular weight is 256 g/mol. The van der Waals surface area contributed by atoms with Crippen molar-refractivity contribution in [3.05, 3.63) is 0 Å². The second-order valence-electron chi connectivity index (χ2n) is 7.26. The van der Waals surface area contributed by atoms with Crippen LogP contribution in [0.5, 0.6) is 0 Å². The molecule has 0 aromatic heterocycles. The lowest BCUT2D eigenvalue weighted by Gasteiger charge is -2.55. The molecule has 2 rings (SSSR count). The molecule has 2 saturated heterocycles. The summed E-state index contributed by atoms with van der Waals surface area (Å²) in [6.07, 6.45) is 2.61. The van der Waals surface area contributed by atoms with Gasteiger partial charge in [0.15, 0.2) is 0 Å². The lowest BCUT2D eigenvalue weighted by molar-refractivity contribution is 0.0123. The molecule has 100 valence electrons. The van der Waals surface area contributed by atoms with E-state index in [2.05, 4.69) is 44.4 Å². The minimum absolute atomic E-state index is 0.226. The van der Waals surface area contributed by atoms with Crippen LogP contribution in [-0.2, 0) is 0 Å². The Morgan fingerprint density at radius 1 is 1.18 bits per heavy atom. The van der Waals surface area contributed by atoms with E-state index in [0.717, 1.165) is 6.54 Å². The van der Waals surface area contributed by atoms with Crippen LogP contribution in [0, 0.1) is 10.8 Å². The quantitative estimate of drug-likeness (QED) is 0.823. The van der Waals surface area contributed by atoms with E-state index < -0.39 is 0 Å². The lowest BCUT2D eigenvalue weighted by atomic mass is 9.69. The van der Waals surface area contributed by atoms with Crippen LogP contribution < -0.4 is 5.73 Å². The van der Waals surface area contributed by atoms with E-state index in [9.17, 15) is 0 Å². The number of thioether (sulfide) groups is 1. The van der Waals surface area contributed by atoms with Gasteiger partial charge in [-0.25, -0.2) is 0 Å². The van der Waals surface area contributed by atoms with Crippen molar-refractivity contribution >= 4 is 11.8 Å². The van der Waals surface area contributed by atoms with Crippen molar-refractivity contribution in [2.75, 3.05) is 31.1 Å². The zero-order valence-corrected chi connectivity index (χ0v) is 12.7. The van der Waals surface area contributed by atoms with Gasteiger partial charge < -0.3 is 5.73 Å². The third-order valence-corrected chi connectivity index (χ3v) is 6.27. The summed E-state index contributed by atoms with van der Waals surface area (Å²) in [5.41, 5.74) is 7.28. The summed E-state index contributed by atoms with van der Waals surface area (Å²) in [4.78, 5) is 2.71. The first-order chi connectivity index (χ1) is 7.83. The van der Waals surface area contributed by atoms with Crippen molar-refractivity contribution in [3.63, 3.8) is 0 Å². The van der Waals surface area contributed by atoms with Gasteiger partial charge in [0, 0.05) is 24.4 Å². The van der Waals surface area contributed by atoms with E-state index in [1.54, 1.807) is 0 Å². The van der Waals surface area contributed by atoms with E-state index in [1.807, 2.05) is 0 Å². The second kappa shape index (κ2) is 4.43. The summed E-state index contributed by atoms with van der Waals surface area (Å²) in [5, 5.41) is 0.